The van der Waals surface area contributed by atoms with Gasteiger partial charge in [-0.25, -0.2) is 4.39 Å². The number of anilines is 1. The predicted molar refractivity (Wildman–Crippen MR) is 75.3 cm³/mol. The summed E-state index contributed by atoms with van der Waals surface area (Å²) in [6.07, 6.45) is 5.00. The van der Waals surface area contributed by atoms with E-state index in [4.69, 9.17) is 0 Å². The van der Waals surface area contributed by atoms with Gasteiger partial charge in [0, 0.05) is 6.04 Å². The number of rotatable bonds is 3. The van der Waals surface area contributed by atoms with Crippen LogP contribution in [0.3, 0.4) is 0 Å². The van der Waals surface area contributed by atoms with E-state index >= 15 is 0 Å². The zero-order valence-corrected chi connectivity index (χ0v) is 11.7. The summed E-state index contributed by atoms with van der Waals surface area (Å²) in [5.74, 6) is 1.21. The Labute approximate surface area is 110 Å². The van der Waals surface area contributed by atoms with Crippen LogP contribution in [0, 0.1) is 24.6 Å². The molecule has 2 unspecified atom stereocenters. The molecule has 0 amide bonds. The van der Waals surface area contributed by atoms with Crippen LogP contribution in [-0.4, -0.2) is 6.04 Å². The predicted octanol–water partition coefficient (Wildman–Crippen LogP) is 4.76. The lowest BCUT2D eigenvalue weighted by molar-refractivity contribution is 0.253. The molecular weight excluding hydrogens is 225 g/mol. The zero-order chi connectivity index (χ0) is 13.1. The second-order valence-corrected chi connectivity index (χ2v) is 5.93. The van der Waals surface area contributed by atoms with Crippen LogP contribution in [0.15, 0.2) is 18.2 Å². The Morgan fingerprint density at radius 1 is 1.22 bits per heavy atom. The first-order valence-electron chi connectivity index (χ1n) is 7.10. The minimum Gasteiger partial charge on any atom is -0.380 e. The SMILES string of the molecule is Cc1ccc(NC2CCCCC2C(C)C)c(F)c1. The van der Waals surface area contributed by atoms with Crippen molar-refractivity contribution in [1.29, 1.82) is 0 Å². The maximum atomic E-state index is 13.9. The number of halogens is 1. The highest BCUT2D eigenvalue weighted by atomic mass is 19.1. The summed E-state index contributed by atoms with van der Waals surface area (Å²) in [4.78, 5) is 0. The summed E-state index contributed by atoms with van der Waals surface area (Å²) < 4.78 is 13.9. The first-order chi connectivity index (χ1) is 8.58. The van der Waals surface area contributed by atoms with E-state index in [9.17, 15) is 4.39 Å². The van der Waals surface area contributed by atoms with Gasteiger partial charge in [0.2, 0.25) is 0 Å². The highest BCUT2D eigenvalue weighted by Gasteiger charge is 2.27. The van der Waals surface area contributed by atoms with Crippen LogP contribution in [0.4, 0.5) is 10.1 Å². The van der Waals surface area contributed by atoms with Crippen LogP contribution >= 0.6 is 0 Å². The first kappa shape index (κ1) is 13.4. The fourth-order valence-corrected chi connectivity index (χ4v) is 3.07. The lowest BCUT2D eigenvalue weighted by Gasteiger charge is -2.35. The quantitative estimate of drug-likeness (QED) is 0.814. The van der Waals surface area contributed by atoms with E-state index in [0.29, 0.717) is 23.6 Å². The Hall–Kier alpha value is -1.05. The van der Waals surface area contributed by atoms with Gasteiger partial charge in [-0.15, -0.1) is 0 Å². The van der Waals surface area contributed by atoms with Crippen molar-refractivity contribution in [2.24, 2.45) is 11.8 Å². The Bertz CT molecular complexity index is 400. The van der Waals surface area contributed by atoms with Crippen LogP contribution in [-0.2, 0) is 0 Å². The molecule has 1 fully saturated rings. The molecule has 1 nitrogen and oxygen atoms in total. The summed E-state index contributed by atoms with van der Waals surface area (Å²) >= 11 is 0. The molecular formula is C16H24FN. The van der Waals surface area contributed by atoms with E-state index < -0.39 is 0 Å². The van der Waals surface area contributed by atoms with Gasteiger partial charge in [0.05, 0.1) is 5.69 Å². The van der Waals surface area contributed by atoms with Gasteiger partial charge >= 0.3 is 0 Å². The van der Waals surface area contributed by atoms with Gasteiger partial charge in [0.15, 0.2) is 0 Å². The molecule has 0 aromatic heterocycles. The molecule has 0 radical (unpaired) electrons. The van der Waals surface area contributed by atoms with Crippen molar-refractivity contribution < 1.29 is 4.39 Å². The van der Waals surface area contributed by atoms with Crippen LogP contribution < -0.4 is 5.32 Å². The van der Waals surface area contributed by atoms with Crippen molar-refractivity contribution >= 4 is 5.69 Å². The Balaban J connectivity index is 2.11. The summed E-state index contributed by atoms with van der Waals surface area (Å²) in [6, 6.07) is 5.88. The molecule has 0 aliphatic heterocycles. The fourth-order valence-electron chi connectivity index (χ4n) is 3.07. The van der Waals surface area contributed by atoms with Gasteiger partial charge in [0.25, 0.3) is 0 Å². The molecule has 0 saturated heterocycles. The Morgan fingerprint density at radius 3 is 2.61 bits per heavy atom. The van der Waals surface area contributed by atoms with Crippen molar-refractivity contribution in [1.82, 2.24) is 0 Å². The molecule has 18 heavy (non-hydrogen) atoms. The van der Waals surface area contributed by atoms with E-state index in [1.165, 1.54) is 19.3 Å². The van der Waals surface area contributed by atoms with E-state index in [1.54, 1.807) is 6.07 Å². The Kier molecular flexibility index (Phi) is 4.26. The van der Waals surface area contributed by atoms with Crippen molar-refractivity contribution in [3.63, 3.8) is 0 Å². The molecule has 1 aliphatic rings. The third-order valence-electron chi connectivity index (χ3n) is 4.14. The van der Waals surface area contributed by atoms with Crippen molar-refractivity contribution in [3.05, 3.63) is 29.6 Å². The molecule has 2 heteroatoms. The minimum absolute atomic E-state index is 0.122. The highest BCUT2D eigenvalue weighted by Crippen LogP contribution is 2.32. The van der Waals surface area contributed by atoms with Crippen LogP contribution in [0.25, 0.3) is 0 Å². The van der Waals surface area contributed by atoms with Gasteiger partial charge in [-0.2, -0.15) is 0 Å². The molecule has 1 aromatic carbocycles. The summed E-state index contributed by atoms with van der Waals surface area (Å²) in [6.45, 7) is 6.47. The highest BCUT2D eigenvalue weighted by molar-refractivity contribution is 5.47. The maximum absolute atomic E-state index is 13.9. The molecule has 1 aromatic rings. The standard InChI is InChI=1S/C16H24FN/c1-11(2)13-6-4-5-7-15(13)18-16-9-8-12(3)10-14(16)17/h8-11,13,15,18H,4-7H2,1-3H3. The summed E-state index contributed by atoms with van der Waals surface area (Å²) in [7, 11) is 0. The van der Waals surface area contributed by atoms with E-state index in [1.807, 2.05) is 19.1 Å². The zero-order valence-electron chi connectivity index (χ0n) is 11.7. The van der Waals surface area contributed by atoms with Gasteiger partial charge < -0.3 is 5.32 Å². The van der Waals surface area contributed by atoms with E-state index in [-0.39, 0.29) is 5.82 Å². The smallest absolute Gasteiger partial charge is 0.146 e. The van der Waals surface area contributed by atoms with E-state index in [2.05, 4.69) is 19.2 Å². The molecule has 2 atom stereocenters. The number of hydrogen-bond donors (Lipinski definition) is 1. The second-order valence-electron chi connectivity index (χ2n) is 5.93. The molecule has 1 saturated carbocycles. The molecule has 1 N–H and O–H groups in total. The lowest BCUT2D eigenvalue weighted by atomic mass is 9.78. The topological polar surface area (TPSA) is 12.0 Å². The maximum Gasteiger partial charge on any atom is 0.146 e. The van der Waals surface area contributed by atoms with Crippen molar-refractivity contribution in [2.75, 3.05) is 5.32 Å². The van der Waals surface area contributed by atoms with E-state index in [0.717, 1.165) is 12.0 Å². The molecule has 2 rings (SSSR count). The second kappa shape index (κ2) is 5.73. The van der Waals surface area contributed by atoms with Gasteiger partial charge in [-0.3, -0.25) is 0 Å². The van der Waals surface area contributed by atoms with Gasteiger partial charge in [-0.1, -0.05) is 32.8 Å². The monoisotopic (exact) mass is 249 g/mol. The molecule has 1 aliphatic carbocycles. The minimum atomic E-state index is -0.122. The molecule has 0 bridgehead atoms. The fraction of sp³-hybridized carbons (Fsp3) is 0.625. The van der Waals surface area contributed by atoms with Gasteiger partial charge in [0.1, 0.15) is 5.82 Å². The van der Waals surface area contributed by atoms with Crippen LogP contribution in [0.2, 0.25) is 0 Å². The lowest BCUT2D eigenvalue weighted by Crippen LogP contribution is -2.35. The van der Waals surface area contributed by atoms with Crippen molar-refractivity contribution in [2.45, 2.75) is 52.5 Å². The van der Waals surface area contributed by atoms with Crippen LogP contribution in [0.5, 0.6) is 0 Å². The molecule has 0 heterocycles. The summed E-state index contributed by atoms with van der Waals surface area (Å²) in [5, 5.41) is 3.43. The number of benzene rings is 1. The number of nitrogens with one attached hydrogen (secondary N) is 1. The summed E-state index contributed by atoms with van der Waals surface area (Å²) in [5.41, 5.74) is 1.64. The average Bonchev–Trinajstić information content (AvgIpc) is 2.33. The molecule has 0 spiro atoms. The molecule has 100 valence electrons. The van der Waals surface area contributed by atoms with Crippen molar-refractivity contribution in [3.8, 4) is 0 Å². The largest absolute Gasteiger partial charge is 0.380 e. The number of aryl methyl sites for hydroxylation is 1. The first-order valence-corrected chi connectivity index (χ1v) is 7.10. The average molecular weight is 249 g/mol. The third-order valence-corrected chi connectivity index (χ3v) is 4.14. The third kappa shape index (κ3) is 3.04. The normalized spacial score (nSPS) is 24.3. The van der Waals surface area contributed by atoms with Gasteiger partial charge in [-0.05, 0) is 49.3 Å². The number of hydrogen-bond acceptors (Lipinski definition) is 1. The Morgan fingerprint density at radius 2 is 1.94 bits per heavy atom. The van der Waals surface area contributed by atoms with Crippen LogP contribution in [0.1, 0.15) is 45.1 Å².